The zero-order valence-electron chi connectivity index (χ0n) is 53.2. The van der Waals surface area contributed by atoms with E-state index in [1.807, 2.05) is 97.1 Å². The highest BCUT2D eigenvalue weighted by molar-refractivity contribution is 6.12. The van der Waals surface area contributed by atoms with Crippen molar-refractivity contribution in [3.05, 3.63) is 251 Å². The van der Waals surface area contributed by atoms with Gasteiger partial charge in [-0.15, -0.1) is 0 Å². The van der Waals surface area contributed by atoms with Crippen molar-refractivity contribution in [3.8, 4) is 91.1 Å². The number of rotatable bonds is 8. The van der Waals surface area contributed by atoms with Crippen LogP contribution in [0.4, 0.5) is 5.69 Å². The Kier molecular flexibility index (Phi) is 14.2. The van der Waals surface area contributed by atoms with Crippen LogP contribution >= 0.6 is 0 Å². The van der Waals surface area contributed by atoms with Crippen LogP contribution < -0.4 is 0 Å². The van der Waals surface area contributed by atoms with E-state index in [-0.39, 0.29) is 21.7 Å². The molecular weight excluding hydrogens is 1100 g/mol. The molecule has 90 heavy (non-hydrogen) atoms. The van der Waals surface area contributed by atoms with Gasteiger partial charge in [0.05, 0.1) is 63.3 Å². The second-order valence-corrected chi connectivity index (χ2v) is 27.9. The van der Waals surface area contributed by atoms with Gasteiger partial charge in [0.15, 0.2) is 23.2 Å². The van der Waals surface area contributed by atoms with Gasteiger partial charge in [-0.2, -0.15) is 10.5 Å². The van der Waals surface area contributed by atoms with E-state index in [9.17, 15) is 10.5 Å². The molecule has 0 atom stereocenters. The summed E-state index contributed by atoms with van der Waals surface area (Å²) in [5, 5.41) is 25.5. The lowest BCUT2D eigenvalue weighted by molar-refractivity contribution is 0.590. The van der Waals surface area contributed by atoms with E-state index in [4.69, 9.17) is 21.5 Å². The number of fused-ring (bicyclic) bond motifs is 6. The van der Waals surface area contributed by atoms with Gasteiger partial charge in [0, 0.05) is 43.8 Å². The minimum atomic E-state index is -0.114. The van der Waals surface area contributed by atoms with Crippen LogP contribution in [0.2, 0.25) is 0 Å². The molecule has 0 amide bonds. The Bertz CT molecular complexity index is 4800. The molecule has 0 spiro atoms. The summed E-state index contributed by atoms with van der Waals surface area (Å²) < 4.78 is 4.73. The third-order valence-electron chi connectivity index (χ3n) is 17.7. The maximum Gasteiger partial charge on any atom is 0.187 e. The topological polar surface area (TPSA) is 100 Å². The molecule has 0 aliphatic rings. The minimum Gasteiger partial charge on any atom is -0.309 e. The number of hydrogen-bond donors (Lipinski definition) is 0. The van der Waals surface area contributed by atoms with Crippen LogP contribution in [0.5, 0.6) is 0 Å². The third kappa shape index (κ3) is 10.5. The summed E-state index contributed by atoms with van der Waals surface area (Å²) in [6, 6.07) is 76.5. The highest BCUT2D eigenvalue weighted by atomic mass is 15.1. The lowest BCUT2D eigenvalue weighted by Crippen LogP contribution is -2.10. The lowest BCUT2D eigenvalue weighted by atomic mass is 9.85. The first-order valence-corrected chi connectivity index (χ1v) is 30.8. The highest BCUT2D eigenvalue weighted by Gasteiger charge is 2.28. The molecule has 0 saturated carbocycles. The number of nitriles is 2. The fourth-order valence-corrected chi connectivity index (χ4v) is 12.6. The molecule has 0 N–H and O–H groups in total. The van der Waals surface area contributed by atoms with Crippen LogP contribution in [0.15, 0.2) is 206 Å². The molecule has 10 aromatic carbocycles. The Morgan fingerprint density at radius 2 is 0.722 bits per heavy atom. The zero-order valence-corrected chi connectivity index (χ0v) is 53.2. The van der Waals surface area contributed by atoms with E-state index < -0.39 is 0 Å². The predicted molar refractivity (Wildman–Crippen MR) is 372 cm³/mol. The van der Waals surface area contributed by atoms with Crippen LogP contribution in [0.25, 0.3) is 127 Å². The zero-order chi connectivity index (χ0) is 63.2. The fourth-order valence-electron chi connectivity index (χ4n) is 12.6. The average molecular weight is 1170 g/mol. The number of benzene rings is 10. The van der Waals surface area contributed by atoms with E-state index in [0.29, 0.717) is 34.3 Å². The van der Waals surface area contributed by atoms with Gasteiger partial charge in [-0.3, -0.25) is 0 Å². The summed E-state index contributed by atoms with van der Waals surface area (Å²) in [6.07, 6.45) is 0. The van der Waals surface area contributed by atoms with Gasteiger partial charge >= 0.3 is 0 Å². The Morgan fingerprint density at radius 1 is 0.344 bits per heavy atom. The van der Waals surface area contributed by atoms with E-state index >= 15 is 0 Å². The van der Waals surface area contributed by atoms with Crippen LogP contribution in [0.3, 0.4) is 0 Å². The monoisotopic (exact) mass is 1170 g/mol. The van der Waals surface area contributed by atoms with Gasteiger partial charge in [-0.1, -0.05) is 192 Å². The van der Waals surface area contributed by atoms with Crippen LogP contribution in [0.1, 0.15) is 116 Å². The van der Waals surface area contributed by atoms with Crippen molar-refractivity contribution in [1.82, 2.24) is 24.1 Å². The molecule has 0 unspecified atom stereocenters. The first-order valence-electron chi connectivity index (χ1n) is 30.8. The Labute approximate surface area is 527 Å². The molecule has 0 aliphatic heterocycles. The van der Waals surface area contributed by atoms with Crippen molar-refractivity contribution in [2.45, 2.75) is 105 Å². The lowest BCUT2D eigenvalue weighted by Gasteiger charge is -2.20. The third-order valence-corrected chi connectivity index (χ3v) is 17.7. The summed E-state index contributed by atoms with van der Waals surface area (Å²) in [4.78, 5) is 21.0. The van der Waals surface area contributed by atoms with E-state index in [1.54, 1.807) is 0 Å². The Balaban J connectivity index is 1.18. The van der Waals surface area contributed by atoms with Gasteiger partial charge in [0.1, 0.15) is 0 Å². The molecule has 0 radical (unpaired) electrons. The summed E-state index contributed by atoms with van der Waals surface area (Å²) in [6.45, 7) is 35.2. The number of aromatic nitrogens is 5. The van der Waals surface area contributed by atoms with Crippen LogP contribution in [0, 0.1) is 29.2 Å². The fraction of sp³-hybridized carbons (Fsp3) is 0.195. The van der Waals surface area contributed by atoms with E-state index in [0.717, 1.165) is 105 Å². The van der Waals surface area contributed by atoms with Gasteiger partial charge in [0.2, 0.25) is 0 Å². The first kappa shape index (κ1) is 58.3. The van der Waals surface area contributed by atoms with Gasteiger partial charge < -0.3 is 9.13 Å². The summed E-state index contributed by atoms with van der Waals surface area (Å²) in [5.74, 6) is 1.24. The average Bonchev–Trinajstić information content (AvgIpc) is 1.56. The predicted octanol–water partition coefficient (Wildman–Crippen LogP) is 21.6. The summed E-state index contributed by atoms with van der Waals surface area (Å²) in [5.41, 5.74) is 19.2. The maximum absolute atomic E-state index is 10.7. The van der Waals surface area contributed by atoms with Crippen molar-refractivity contribution < 1.29 is 0 Å². The van der Waals surface area contributed by atoms with Crippen LogP contribution in [-0.4, -0.2) is 24.1 Å². The number of nitrogens with zero attached hydrogens (tertiary/aromatic N) is 8. The molecule has 438 valence electrons. The van der Waals surface area contributed by atoms with Crippen molar-refractivity contribution in [3.63, 3.8) is 0 Å². The normalized spacial score (nSPS) is 12.2. The summed E-state index contributed by atoms with van der Waals surface area (Å²) in [7, 11) is 0. The van der Waals surface area contributed by atoms with Crippen LogP contribution in [-0.2, 0) is 21.7 Å². The largest absolute Gasteiger partial charge is 0.309 e. The maximum atomic E-state index is 10.7. The summed E-state index contributed by atoms with van der Waals surface area (Å²) >= 11 is 0. The molecule has 0 saturated heterocycles. The SMILES string of the molecule is [C-]#[N+]c1cccc(-c2ccc(-n3c4ccc(C(C)(C)C)cc4c4cc(C(C)(C)C)ccc43)c(-c3nc(-c4ccccc4-c4ccccc4C#N)nc(-c4cc(-c5cccc(C#N)c5)ccc4-n4c5ccc(C(C)(C)C)cc5c5cc(C(C)(C)C)ccc54)n3)c2)c1. The molecule has 13 rings (SSSR count). The van der Waals surface area contributed by atoms with Gasteiger partial charge in [0.25, 0.3) is 0 Å². The molecule has 3 heterocycles. The van der Waals surface area contributed by atoms with E-state index in [1.165, 1.54) is 22.3 Å². The second-order valence-electron chi connectivity index (χ2n) is 27.9. The highest BCUT2D eigenvalue weighted by Crippen LogP contribution is 2.45. The molecular formula is C82H70N8. The smallest absolute Gasteiger partial charge is 0.187 e. The molecule has 0 fully saturated rings. The van der Waals surface area contributed by atoms with Gasteiger partial charge in [-0.25, -0.2) is 19.8 Å². The standard InChI is InChI=1S/C82H70N8/c1-79(2,3)56-30-36-70-64(44-56)65-45-57(80(4,5)6)31-37-71(65)89(70)74-34-28-53(51-22-18-20-50(40-51)48-83)42-68(74)77-86-76(63-27-17-16-26-62(63)61-25-15-14-21-55(61)49-84)87-78(88-77)69-43-54(52-23-19-24-60(41-52)85-13)29-35-75(69)90-72-38-32-58(81(7,8)9)46-66(72)67-47-59(82(10,11)12)33-39-73(67)90/h14-47H,1-12H3. The number of hydrogen-bond acceptors (Lipinski definition) is 5. The molecule has 13 aromatic rings. The second kappa shape index (κ2) is 21.8. The van der Waals surface area contributed by atoms with Crippen molar-refractivity contribution in [2.75, 3.05) is 0 Å². The van der Waals surface area contributed by atoms with Crippen molar-refractivity contribution in [2.24, 2.45) is 0 Å². The molecule has 0 bridgehead atoms. The first-order chi connectivity index (χ1) is 43.0. The molecule has 8 heteroatoms. The van der Waals surface area contributed by atoms with Gasteiger partial charge in [-0.05, 0) is 169 Å². The van der Waals surface area contributed by atoms with E-state index in [2.05, 4.69) is 218 Å². The van der Waals surface area contributed by atoms with Crippen molar-refractivity contribution >= 4 is 49.3 Å². The minimum absolute atomic E-state index is 0.114. The van der Waals surface area contributed by atoms with Crippen molar-refractivity contribution in [1.29, 1.82) is 10.5 Å². The quantitative estimate of drug-likeness (QED) is 0.141. The Morgan fingerprint density at radius 3 is 1.13 bits per heavy atom. The Hall–Kier alpha value is -10.7. The molecule has 0 aliphatic carbocycles. The molecule has 3 aromatic heterocycles. The molecule has 8 nitrogen and oxygen atoms in total.